The topological polar surface area (TPSA) is 71.4 Å². The fourth-order valence-electron chi connectivity index (χ4n) is 4.31. The van der Waals surface area contributed by atoms with Gasteiger partial charge in [0.15, 0.2) is 5.96 Å². The number of aryl methyl sites for hydroxylation is 1. The number of fused-ring (bicyclic) bond motifs is 1. The smallest absolute Gasteiger partial charge is 0.192 e. The van der Waals surface area contributed by atoms with Crippen LogP contribution < -0.4 is 15.4 Å². The highest BCUT2D eigenvalue weighted by Crippen LogP contribution is 2.46. The summed E-state index contributed by atoms with van der Waals surface area (Å²) in [6, 6.07) is 10.5. The maximum absolute atomic E-state index is 6.48. The zero-order valence-electron chi connectivity index (χ0n) is 17.1. The number of rotatable bonds is 4. The van der Waals surface area contributed by atoms with Gasteiger partial charge in [0.2, 0.25) is 0 Å². The lowest BCUT2D eigenvalue weighted by Gasteiger charge is -2.40. The maximum atomic E-state index is 6.48. The molecule has 2 heterocycles. The van der Waals surface area contributed by atoms with Crippen LogP contribution in [0.3, 0.4) is 0 Å². The first kappa shape index (κ1) is 21.8. The molecule has 4 rings (SSSR count). The lowest BCUT2D eigenvalue weighted by molar-refractivity contribution is 0.0396. The Balaban J connectivity index is 0.00000240. The van der Waals surface area contributed by atoms with Gasteiger partial charge >= 0.3 is 0 Å². The van der Waals surface area contributed by atoms with E-state index >= 15 is 0 Å². The number of guanidine groups is 1. The van der Waals surface area contributed by atoms with E-state index in [1.807, 2.05) is 13.0 Å². The number of aliphatic imine (C=N–C) groups is 1. The van der Waals surface area contributed by atoms with Crippen LogP contribution in [0.2, 0.25) is 0 Å². The number of para-hydroxylation sites is 1. The molecular formula is C22H30IN5O. The summed E-state index contributed by atoms with van der Waals surface area (Å²) in [5, 5.41) is 7.04. The van der Waals surface area contributed by atoms with E-state index in [4.69, 9.17) is 9.73 Å². The molecule has 6 nitrogen and oxygen atoms in total. The average Bonchev–Trinajstić information content (AvgIpc) is 3.13. The number of hydrogen-bond donors (Lipinski definition) is 2. The molecule has 2 aromatic rings. The molecule has 1 aliphatic carbocycles. The van der Waals surface area contributed by atoms with Gasteiger partial charge in [-0.15, -0.1) is 24.0 Å². The van der Waals surface area contributed by atoms with E-state index in [-0.39, 0.29) is 35.6 Å². The van der Waals surface area contributed by atoms with Crippen molar-refractivity contribution < 1.29 is 4.74 Å². The van der Waals surface area contributed by atoms with Gasteiger partial charge in [0, 0.05) is 24.7 Å². The minimum absolute atomic E-state index is 0. The molecule has 29 heavy (non-hydrogen) atoms. The van der Waals surface area contributed by atoms with E-state index in [1.54, 1.807) is 6.20 Å². The highest BCUT2D eigenvalue weighted by Gasteiger charge is 2.43. The Morgan fingerprint density at radius 1 is 1.24 bits per heavy atom. The Morgan fingerprint density at radius 3 is 2.79 bits per heavy atom. The van der Waals surface area contributed by atoms with Crippen LogP contribution in [0, 0.1) is 6.92 Å². The van der Waals surface area contributed by atoms with Crippen molar-refractivity contribution in [2.45, 2.75) is 64.1 Å². The normalized spacial score (nSPS) is 19.8. The summed E-state index contributed by atoms with van der Waals surface area (Å²) in [6.45, 7) is 5.32. The number of halogens is 1. The Labute approximate surface area is 190 Å². The van der Waals surface area contributed by atoms with Gasteiger partial charge in [-0.1, -0.05) is 18.2 Å². The number of benzene rings is 1. The van der Waals surface area contributed by atoms with Crippen molar-refractivity contribution in [3.8, 4) is 5.75 Å². The molecule has 1 spiro atoms. The standard InChI is InChI=1S/C22H29N5O.HI/c1-3-23-21(25-15-17-10-13-24-16(2)26-17)27-19-14-22(11-6-7-12-22)28-20-9-5-4-8-18(19)20;/h4-5,8-10,13,19H,3,6-7,11-12,14-15H2,1-2H3,(H2,23,25,27);1H. The highest BCUT2D eigenvalue weighted by atomic mass is 127. The Morgan fingerprint density at radius 2 is 2.03 bits per heavy atom. The van der Waals surface area contributed by atoms with Crippen molar-refractivity contribution >= 4 is 29.9 Å². The first-order valence-electron chi connectivity index (χ1n) is 10.3. The van der Waals surface area contributed by atoms with Gasteiger partial charge < -0.3 is 15.4 Å². The van der Waals surface area contributed by atoms with Crippen molar-refractivity contribution in [3.05, 3.63) is 53.6 Å². The summed E-state index contributed by atoms with van der Waals surface area (Å²) >= 11 is 0. The minimum Gasteiger partial charge on any atom is -0.487 e. The predicted octanol–water partition coefficient (Wildman–Crippen LogP) is 4.29. The van der Waals surface area contributed by atoms with Crippen LogP contribution in [0.4, 0.5) is 0 Å². The molecule has 1 fully saturated rings. The molecule has 1 aromatic heterocycles. The summed E-state index contributed by atoms with van der Waals surface area (Å²) in [5.41, 5.74) is 2.10. The molecule has 1 unspecified atom stereocenters. The Bertz CT molecular complexity index is 851. The number of hydrogen-bond acceptors (Lipinski definition) is 4. The second-order valence-corrected chi connectivity index (χ2v) is 7.72. The number of nitrogens with zero attached hydrogens (tertiary/aromatic N) is 3. The monoisotopic (exact) mass is 507 g/mol. The highest BCUT2D eigenvalue weighted by molar-refractivity contribution is 14.0. The van der Waals surface area contributed by atoms with Gasteiger partial charge in [0.25, 0.3) is 0 Å². The minimum atomic E-state index is -0.0346. The fourth-order valence-corrected chi connectivity index (χ4v) is 4.31. The number of ether oxygens (including phenoxy) is 1. The van der Waals surface area contributed by atoms with E-state index in [9.17, 15) is 0 Å². The van der Waals surface area contributed by atoms with Crippen molar-refractivity contribution in [2.75, 3.05) is 6.54 Å². The maximum Gasteiger partial charge on any atom is 0.192 e. The first-order chi connectivity index (χ1) is 13.7. The summed E-state index contributed by atoms with van der Waals surface area (Å²) in [5.74, 6) is 2.59. The van der Waals surface area contributed by atoms with Gasteiger partial charge in [-0.2, -0.15) is 0 Å². The molecule has 1 aliphatic heterocycles. The van der Waals surface area contributed by atoms with Crippen LogP contribution in [0.25, 0.3) is 0 Å². The summed E-state index contributed by atoms with van der Waals surface area (Å²) in [6.07, 6.45) is 7.51. The predicted molar refractivity (Wildman–Crippen MR) is 126 cm³/mol. The lowest BCUT2D eigenvalue weighted by atomic mass is 9.86. The average molecular weight is 507 g/mol. The zero-order valence-corrected chi connectivity index (χ0v) is 19.5. The SMILES string of the molecule is CCNC(=NCc1ccnc(C)n1)NC1CC2(CCCC2)Oc2ccccc21.I. The molecule has 2 aliphatic rings. The van der Waals surface area contributed by atoms with E-state index in [0.717, 1.165) is 49.0 Å². The van der Waals surface area contributed by atoms with E-state index in [1.165, 1.54) is 18.4 Å². The van der Waals surface area contributed by atoms with Gasteiger partial charge in [0.05, 0.1) is 18.3 Å². The second kappa shape index (κ2) is 9.73. The molecule has 0 bridgehead atoms. The van der Waals surface area contributed by atoms with Crippen LogP contribution in [0.15, 0.2) is 41.5 Å². The third-order valence-corrected chi connectivity index (χ3v) is 5.60. The van der Waals surface area contributed by atoms with E-state index < -0.39 is 0 Å². The summed E-state index contributed by atoms with van der Waals surface area (Å²) in [7, 11) is 0. The van der Waals surface area contributed by atoms with Crippen molar-refractivity contribution in [2.24, 2.45) is 4.99 Å². The summed E-state index contributed by atoms with van der Waals surface area (Å²) in [4.78, 5) is 13.4. The Hall–Kier alpha value is -1.90. The van der Waals surface area contributed by atoms with Crippen molar-refractivity contribution in [1.82, 2.24) is 20.6 Å². The van der Waals surface area contributed by atoms with Crippen molar-refractivity contribution in [3.63, 3.8) is 0 Å². The molecular weight excluding hydrogens is 477 g/mol. The van der Waals surface area contributed by atoms with Crippen LogP contribution in [-0.4, -0.2) is 28.1 Å². The zero-order chi connectivity index (χ0) is 19.4. The quantitative estimate of drug-likeness (QED) is 0.367. The van der Waals surface area contributed by atoms with Crippen LogP contribution >= 0.6 is 24.0 Å². The van der Waals surface area contributed by atoms with Crippen LogP contribution in [-0.2, 0) is 6.54 Å². The molecule has 7 heteroatoms. The number of aromatic nitrogens is 2. The molecule has 0 radical (unpaired) electrons. The molecule has 1 atom stereocenters. The molecule has 2 N–H and O–H groups in total. The second-order valence-electron chi connectivity index (χ2n) is 7.72. The molecule has 1 saturated carbocycles. The van der Waals surface area contributed by atoms with Crippen molar-refractivity contribution in [1.29, 1.82) is 0 Å². The van der Waals surface area contributed by atoms with E-state index in [2.05, 4.69) is 51.8 Å². The molecule has 0 saturated heterocycles. The number of nitrogens with one attached hydrogen (secondary N) is 2. The molecule has 156 valence electrons. The Kier molecular flexibility index (Phi) is 7.32. The van der Waals surface area contributed by atoms with Crippen LogP contribution in [0.5, 0.6) is 5.75 Å². The summed E-state index contributed by atoms with van der Waals surface area (Å²) < 4.78 is 6.48. The molecule has 1 aromatic carbocycles. The third kappa shape index (κ3) is 5.18. The fraction of sp³-hybridized carbons (Fsp3) is 0.500. The van der Waals surface area contributed by atoms with E-state index in [0.29, 0.717) is 6.54 Å². The molecule has 0 amide bonds. The van der Waals surface area contributed by atoms with Gasteiger partial charge in [-0.3, -0.25) is 0 Å². The largest absolute Gasteiger partial charge is 0.487 e. The third-order valence-electron chi connectivity index (χ3n) is 5.60. The van der Waals surface area contributed by atoms with Gasteiger partial charge in [-0.05, 0) is 51.7 Å². The first-order valence-corrected chi connectivity index (χ1v) is 10.3. The van der Waals surface area contributed by atoms with Gasteiger partial charge in [-0.25, -0.2) is 15.0 Å². The lowest BCUT2D eigenvalue weighted by Crippen LogP contribution is -2.46. The van der Waals surface area contributed by atoms with Gasteiger partial charge in [0.1, 0.15) is 17.2 Å². The van der Waals surface area contributed by atoms with Crippen LogP contribution in [0.1, 0.15) is 62.2 Å².